The lowest BCUT2D eigenvalue weighted by Gasteiger charge is -2.19. The summed E-state index contributed by atoms with van der Waals surface area (Å²) in [5.74, 6) is 1.61. The lowest BCUT2D eigenvalue weighted by Crippen LogP contribution is -2.33. The first-order valence-electron chi connectivity index (χ1n) is 9.93. The molecule has 1 amide bonds. The summed E-state index contributed by atoms with van der Waals surface area (Å²) in [6, 6.07) is 13.4. The molecule has 0 unspecified atom stereocenters. The van der Waals surface area contributed by atoms with E-state index in [1.54, 1.807) is 19.4 Å². The summed E-state index contributed by atoms with van der Waals surface area (Å²) >= 11 is 0. The lowest BCUT2D eigenvalue weighted by atomic mass is 10.0. The summed E-state index contributed by atoms with van der Waals surface area (Å²) in [6.07, 6.45) is 3.86. The van der Waals surface area contributed by atoms with Gasteiger partial charge in [-0.2, -0.15) is 0 Å². The second-order valence-electron chi connectivity index (χ2n) is 7.00. The topological polar surface area (TPSA) is 68.2 Å². The van der Waals surface area contributed by atoms with E-state index < -0.39 is 0 Å². The number of pyridine rings is 1. The summed E-state index contributed by atoms with van der Waals surface area (Å²) in [5.41, 5.74) is 4.65. The number of carbonyl (C=O) groups excluding carboxylic acids is 1. The number of hydrogen-bond donors (Lipinski definition) is 0. The fraction of sp³-hybridized carbons (Fsp3) is 0.304. The van der Waals surface area contributed by atoms with Crippen molar-refractivity contribution < 1.29 is 9.53 Å². The molecule has 0 N–H and O–H groups in total. The Labute approximate surface area is 170 Å². The molecule has 0 radical (unpaired) electrons. The van der Waals surface area contributed by atoms with Crippen LogP contribution in [0.4, 0.5) is 0 Å². The zero-order chi connectivity index (χ0) is 20.2. The van der Waals surface area contributed by atoms with E-state index in [9.17, 15) is 4.79 Å². The van der Waals surface area contributed by atoms with Crippen LogP contribution in [0.15, 0.2) is 48.7 Å². The number of amides is 1. The van der Waals surface area contributed by atoms with E-state index >= 15 is 0 Å². The molecule has 6 heteroatoms. The van der Waals surface area contributed by atoms with Gasteiger partial charge >= 0.3 is 0 Å². The van der Waals surface area contributed by atoms with Gasteiger partial charge < -0.3 is 9.64 Å². The van der Waals surface area contributed by atoms with Crippen molar-refractivity contribution in [2.24, 2.45) is 0 Å². The monoisotopic (exact) mass is 388 g/mol. The highest BCUT2D eigenvalue weighted by Gasteiger charge is 2.24. The first-order valence-corrected chi connectivity index (χ1v) is 9.93. The molecule has 0 saturated heterocycles. The largest absolute Gasteiger partial charge is 0.497 e. The van der Waals surface area contributed by atoms with Crippen molar-refractivity contribution in [1.82, 2.24) is 19.9 Å². The molecule has 4 rings (SSSR count). The van der Waals surface area contributed by atoms with E-state index in [1.807, 2.05) is 41.3 Å². The third-order valence-electron chi connectivity index (χ3n) is 5.24. The molecule has 0 fully saturated rings. The Bertz CT molecular complexity index is 1000. The SMILES string of the molecule is CCc1nc2c(c(-c3ccc(OC)cc3)n1)CCN(C(=O)c1ccccn1)CC2. The van der Waals surface area contributed by atoms with Crippen molar-refractivity contribution in [3.63, 3.8) is 0 Å². The quantitative estimate of drug-likeness (QED) is 0.686. The molecule has 0 atom stereocenters. The Kier molecular flexibility index (Phi) is 5.51. The molecule has 0 spiro atoms. The highest BCUT2D eigenvalue weighted by atomic mass is 16.5. The van der Waals surface area contributed by atoms with Crippen molar-refractivity contribution in [3.8, 4) is 17.0 Å². The van der Waals surface area contributed by atoms with Crippen LogP contribution >= 0.6 is 0 Å². The minimum atomic E-state index is -0.0342. The first-order chi connectivity index (χ1) is 14.2. The highest BCUT2D eigenvalue weighted by molar-refractivity contribution is 5.92. The zero-order valence-corrected chi connectivity index (χ0v) is 16.8. The molecule has 3 heterocycles. The fourth-order valence-electron chi connectivity index (χ4n) is 3.65. The van der Waals surface area contributed by atoms with Crippen LogP contribution in [0.5, 0.6) is 5.75 Å². The van der Waals surface area contributed by atoms with E-state index in [0.717, 1.165) is 46.9 Å². The van der Waals surface area contributed by atoms with Gasteiger partial charge in [0.15, 0.2) is 0 Å². The standard InChI is InChI=1S/C23H24N4O2/c1-3-21-25-19-12-15-27(23(28)20-6-4-5-13-24-20)14-11-18(19)22(26-21)16-7-9-17(29-2)10-8-16/h4-10,13H,3,11-12,14-15H2,1-2H3. The van der Waals surface area contributed by atoms with Crippen molar-refractivity contribution in [2.45, 2.75) is 26.2 Å². The Morgan fingerprint density at radius 3 is 2.55 bits per heavy atom. The van der Waals surface area contributed by atoms with Gasteiger partial charge in [-0.3, -0.25) is 9.78 Å². The molecule has 6 nitrogen and oxygen atoms in total. The number of rotatable bonds is 4. The van der Waals surface area contributed by atoms with Gasteiger partial charge in [-0.25, -0.2) is 9.97 Å². The highest BCUT2D eigenvalue weighted by Crippen LogP contribution is 2.28. The van der Waals surface area contributed by atoms with E-state index in [1.165, 1.54) is 0 Å². The van der Waals surface area contributed by atoms with Crippen LogP contribution in [0.3, 0.4) is 0 Å². The minimum absolute atomic E-state index is 0.0342. The number of fused-ring (bicyclic) bond motifs is 1. The number of hydrogen-bond acceptors (Lipinski definition) is 5. The van der Waals surface area contributed by atoms with Crippen molar-refractivity contribution in [2.75, 3.05) is 20.2 Å². The van der Waals surface area contributed by atoms with Gasteiger partial charge in [0.25, 0.3) is 5.91 Å². The number of methoxy groups -OCH3 is 1. The van der Waals surface area contributed by atoms with Gasteiger partial charge in [0, 0.05) is 48.9 Å². The summed E-state index contributed by atoms with van der Waals surface area (Å²) in [4.78, 5) is 28.6. The number of nitrogens with zero attached hydrogens (tertiary/aromatic N) is 4. The Hall–Kier alpha value is -3.28. The summed E-state index contributed by atoms with van der Waals surface area (Å²) in [5, 5.41) is 0. The van der Waals surface area contributed by atoms with Crippen molar-refractivity contribution >= 4 is 5.91 Å². The van der Waals surface area contributed by atoms with Crippen LogP contribution < -0.4 is 4.74 Å². The number of aryl methyl sites for hydroxylation is 1. The molecular weight excluding hydrogens is 364 g/mol. The maximum Gasteiger partial charge on any atom is 0.272 e. The molecule has 0 bridgehead atoms. The zero-order valence-electron chi connectivity index (χ0n) is 16.8. The average Bonchev–Trinajstić information content (AvgIpc) is 3.01. The Morgan fingerprint density at radius 2 is 1.86 bits per heavy atom. The fourth-order valence-corrected chi connectivity index (χ4v) is 3.65. The Morgan fingerprint density at radius 1 is 1.07 bits per heavy atom. The van der Waals surface area contributed by atoms with Crippen LogP contribution in [0.2, 0.25) is 0 Å². The minimum Gasteiger partial charge on any atom is -0.497 e. The average molecular weight is 388 g/mol. The lowest BCUT2D eigenvalue weighted by molar-refractivity contribution is 0.0757. The molecule has 1 aliphatic heterocycles. The maximum absolute atomic E-state index is 12.9. The van der Waals surface area contributed by atoms with E-state index in [-0.39, 0.29) is 5.91 Å². The predicted molar refractivity (Wildman–Crippen MR) is 111 cm³/mol. The number of benzene rings is 1. The summed E-state index contributed by atoms with van der Waals surface area (Å²) in [7, 11) is 1.66. The molecule has 3 aromatic rings. The van der Waals surface area contributed by atoms with Crippen molar-refractivity contribution in [3.05, 3.63) is 71.4 Å². The maximum atomic E-state index is 12.9. The number of ether oxygens (including phenoxy) is 1. The van der Waals surface area contributed by atoms with Gasteiger partial charge in [0.05, 0.1) is 12.8 Å². The van der Waals surface area contributed by atoms with Crippen LogP contribution in [-0.2, 0) is 19.3 Å². The van der Waals surface area contributed by atoms with Gasteiger partial charge in [-0.15, -0.1) is 0 Å². The van der Waals surface area contributed by atoms with Crippen molar-refractivity contribution in [1.29, 1.82) is 0 Å². The smallest absolute Gasteiger partial charge is 0.272 e. The summed E-state index contributed by atoms with van der Waals surface area (Å²) in [6.45, 7) is 3.32. The molecule has 148 valence electrons. The van der Waals surface area contributed by atoms with E-state index in [2.05, 4.69) is 11.9 Å². The third kappa shape index (κ3) is 3.97. The Balaban J connectivity index is 1.66. The van der Waals surface area contributed by atoms with E-state index in [0.29, 0.717) is 25.2 Å². The molecule has 1 aliphatic rings. The third-order valence-corrected chi connectivity index (χ3v) is 5.24. The van der Waals surface area contributed by atoms with Crippen LogP contribution in [0.25, 0.3) is 11.3 Å². The molecule has 2 aromatic heterocycles. The second-order valence-corrected chi connectivity index (χ2v) is 7.00. The van der Waals surface area contributed by atoms with Gasteiger partial charge in [-0.05, 0) is 42.8 Å². The van der Waals surface area contributed by atoms with Crippen LogP contribution in [0, 0.1) is 0 Å². The molecule has 1 aromatic carbocycles. The van der Waals surface area contributed by atoms with Crippen LogP contribution in [-0.4, -0.2) is 46.0 Å². The first kappa shape index (κ1) is 19.1. The van der Waals surface area contributed by atoms with Gasteiger partial charge in [0.2, 0.25) is 0 Å². The molecule has 0 saturated carbocycles. The van der Waals surface area contributed by atoms with Gasteiger partial charge in [0.1, 0.15) is 17.3 Å². The number of carbonyl (C=O) groups is 1. The number of aromatic nitrogens is 3. The predicted octanol–water partition coefficient (Wildman–Crippen LogP) is 3.35. The van der Waals surface area contributed by atoms with E-state index in [4.69, 9.17) is 14.7 Å². The second kappa shape index (κ2) is 8.39. The van der Waals surface area contributed by atoms with Crippen LogP contribution in [0.1, 0.15) is 34.5 Å². The molecule has 0 aliphatic carbocycles. The van der Waals surface area contributed by atoms with Gasteiger partial charge in [-0.1, -0.05) is 13.0 Å². The molecule has 29 heavy (non-hydrogen) atoms. The summed E-state index contributed by atoms with van der Waals surface area (Å²) < 4.78 is 5.28. The normalized spacial score (nSPS) is 13.5. The molecular formula is C23H24N4O2.